The fraction of sp³-hybridized carbons (Fsp3) is 0.238. The maximum absolute atomic E-state index is 3.79. The summed E-state index contributed by atoms with van der Waals surface area (Å²) in [6, 6.07) is 24.6. The fourth-order valence-corrected chi connectivity index (χ4v) is 3.65. The first-order valence-electron chi connectivity index (χ1n) is 8.19. The second-order valence-corrected chi connectivity index (χ2v) is 6.16. The number of fused-ring (bicyclic) bond motifs is 2. The molecule has 1 nitrogen and oxygen atoms in total. The zero-order chi connectivity index (χ0) is 14.8. The molecule has 1 unspecified atom stereocenters. The Morgan fingerprint density at radius 1 is 0.864 bits per heavy atom. The van der Waals surface area contributed by atoms with Crippen LogP contribution in [0.1, 0.15) is 35.6 Å². The molecule has 3 aromatic rings. The normalized spacial score (nSPS) is 17.4. The predicted octanol–water partition coefficient (Wildman–Crippen LogP) is 5.01. The van der Waals surface area contributed by atoms with Gasteiger partial charge in [0.2, 0.25) is 0 Å². The van der Waals surface area contributed by atoms with Crippen molar-refractivity contribution >= 4 is 10.8 Å². The summed E-state index contributed by atoms with van der Waals surface area (Å²) in [5.74, 6) is 0. The predicted molar refractivity (Wildman–Crippen MR) is 92.9 cm³/mol. The second-order valence-electron chi connectivity index (χ2n) is 6.16. The van der Waals surface area contributed by atoms with E-state index in [9.17, 15) is 0 Å². The topological polar surface area (TPSA) is 12.0 Å². The van der Waals surface area contributed by atoms with Crippen LogP contribution in [0.15, 0.2) is 66.7 Å². The summed E-state index contributed by atoms with van der Waals surface area (Å²) in [4.78, 5) is 0. The molecule has 1 aliphatic carbocycles. The zero-order valence-corrected chi connectivity index (χ0v) is 12.8. The minimum Gasteiger partial charge on any atom is -0.306 e. The van der Waals surface area contributed by atoms with E-state index in [0.29, 0.717) is 6.04 Å². The Hall–Kier alpha value is -2.12. The van der Waals surface area contributed by atoms with Crippen molar-refractivity contribution in [2.45, 2.75) is 31.8 Å². The van der Waals surface area contributed by atoms with E-state index in [4.69, 9.17) is 0 Å². The van der Waals surface area contributed by atoms with E-state index >= 15 is 0 Å². The third-order valence-electron chi connectivity index (χ3n) is 4.79. The van der Waals surface area contributed by atoms with Gasteiger partial charge >= 0.3 is 0 Å². The molecule has 0 saturated carbocycles. The van der Waals surface area contributed by atoms with Crippen LogP contribution in [0, 0.1) is 0 Å². The van der Waals surface area contributed by atoms with Gasteiger partial charge in [-0.2, -0.15) is 0 Å². The summed E-state index contributed by atoms with van der Waals surface area (Å²) >= 11 is 0. The summed E-state index contributed by atoms with van der Waals surface area (Å²) in [6.45, 7) is 0.931. The molecule has 0 spiro atoms. The maximum Gasteiger partial charge on any atom is 0.0326 e. The molecule has 0 aliphatic heterocycles. The lowest BCUT2D eigenvalue weighted by molar-refractivity contribution is 0.460. The standard InChI is InChI=1S/C21H21N/c1-3-12-19-16(7-1)9-5-11-18(19)15-22-21-14-6-10-17-8-2-4-13-20(17)21/h1-5,7-9,11-13,21-22H,6,10,14-15H2. The van der Waals surface area contributed by atoms with E-state index < -0.39 is 0 Å². The number of rotatable bonds is 3. The molecule has 0 fully saturated rings. The highest BCUT2D eigenvalue weighted by Crippen LogP contribution is 2.30. The quantitative estimate of drug-likeness (QED) is 0.714. The first-order chi connectivity index (χ1) is 10.9. The molecule has 0 aromatic heterocycles. The number of aryl methyl sites for hydroxylation is 1. The van der Waals surface area contributed by atoms with Crippen molar-refractivity contribution in [2.75, 3.05) is 0 Å². The smallest absolute Gasteiger partial charge is 0.0326 e. The molecule has 0 saturated heterocycles. The van der Waals surface area contributed by atoms with Gasteiger partial charge in [0.05, 0.1) is 0 Å². The van der Waals surface area contributed by atoms with E-state index in [0.717, 1.165) is 6.54 Å². The first kappa shape index (κ1) is 13.5. The zero-order valence-electron chi connectivity index (χ0n) is 12.8. The minimum absolute atomic E-state index is 0.490. The Bertz CT molecular complexity index is 785. The number of hydrogen-bond donors (Lipinski definition) is 1. The highest BCUT2D eigenvalue weighted by molar-refractivity contribution is 5.85. The van der Waals surface area contributed by atoms with Crippen molar-refractivity contribution in [3.63, 3.8) is 0 Å². The molecule has 1 N–H and O–H groups in total. The minimum atomic E-state index is 0.490. The fourth-order valence-electron chi connectivity index (χ4n) is 3.65. The highest BCUT2D eigenvalue weighted by Gasteiger charge is 2.19. The van der Waals surface area contributed by atoms with Gasteiger partial charge < -0.3 is 5.32 Å². The van der Waals surface area contributed by atoms with E-state index in [1.807, 2.05) is 0 Å². The lowest BCUT2D eigenvalue weighted by Gasteiger charge is -2.26. The lowest BCUT2D eigenvalue weighted by Crippen LogP contribution is -2.24. The van der Waals surface area contributed by atoms with Crippen LogP contribution in [0.3, 0.4) is 0 Å². The summed E-state index contributed by atoms with van der Waals surface area (Å²) in [7, 11) is 0. The van der Waals surface area contributed by atoms with E-state index in [1.54, 1.807) is 0 Å². The van der Waals surface area contributed by atoms with Crippen LogP contribution in [-0.4, -0.2) is 0 Å². The molecule has 0 radical (unpaired) electrons. The average molecular weight is 287 g/mol. The van der Waals surface area contributed by atoms with Crippen LogP contribution in [0.25, 0.3) is 10.8 Å². The van der Waals surface area contributed by atoms with Gasteiger partial charge in [0.1, 0.15) is 0 Å². The van der Waals surface area contributed by atoms with Gasteiger partial charge in [0, 0.05) is 12.6 Å². The summed E-state index contributed by atoms with van der Waals surface area (Å²) in [6.07, 6.45) is 3.74. The first-order valence-corrected chi connectivity index (χ1v) is 8.19. The molecule has 0 bridgehead atoms. The Morgan fingerprint density at radius 2 is 1.68 bits per heavy atom. The van der Waals surface area contributed by atoms with Crippen LogP contribution in [0.4, 0.5) is 0 Å². The SMILES string of the molecule is c1ccc2c(c1)CCCC2NCc1cccc2ccccc12. The molecule has 1 atom stereocenters. The van der Waals surface area contributed by atoms with Gasteiger partial charge in [-0.25, -0.2) is 0 Å². The van der Waals surface area contributed by atoms with Crippen LogP contribution in [0.2, 0.25) is 0 Å². The molecule has 4 rings (SSSR count). The third-order valence-corrected chi connectivity index (χ3v) is 4.79. The third kappa shape index (κ3) is 2.53. The van der Waals surface area contributed by atoms with Crippen molar-refractivity contribution in [1.82, 2.24) is 5.32 Å². The summed E-state index contributed by atoms with van der Waals surface area (Å²) < 4.78 is 0. The molecule has 1 aliphatic rings. The van der Waals surface area contributed by atoms with Crippen LogP contribution in [-0.2, 0) is 13.0 Å². The van der Waals surface area contributed by atoms with Crippen LogP contribution < -0.4 is 5.32 Å². The molecular formula is C21H21N. The number of benzene rings is 3. The van der Waals surface area contributed by atoms with Gasteiger partial charge in [-0.05, 0) is 46.7 Å². The average Bonchev–Trinajstić information content (AvgIpc) is 2.60. The lowest BCUT2D eigenvalue weighted by atomic mass is 9.87. The molecule has 0 amide bonds. The molecular weight excluding hydrogens is 266 g/mol. The van der Waals surface area contributed by atoms with E-state index in [2.05, 4.69) is 72.0 Å². The van der Waals surface area contributed by atoms with Crippen LogP contribution >= 0.6 is 0 Å². The highest BCUT2D eigenvalue weighted by atomic mass is 14.9. The molecule has 22 heavy (non-hydrogen) atoms. The van der Waals surface area contributed by atoms with E-state index in [-0.39, 0.29) is 0 Å². The van der Waals surface area contributed by atoms with Crippen molar-refractivity contribution in [1.29, 1.82) is 0 Å². The van der Waals surface area contributed by atoms with Crippen molar-refractivity contribution in [3.05, 3.63) is 83.4 Å². The summed E-state index contributed by atoms with van der Waals surface area (Å²) in [5, 5.41) is 6.47. The molecule has 1 heteroatoms. The van der Waals surface area contributed by atoms with Crippen molar-refractivity contribution in [3.8, 4) is 0 Å². The number of nitrogens with one attached hydrogen (secondary N) is 1. The van der Waals surface area contributed by atoms with Crippen LogP contribution in [0.5, 0.6) is 0 Å². The molecule has 0 heterocycles. The monoisotopic (exact) mass is 287 g/mol. The van der Waals surface area contributed by atoms with Gasteiger partial charge in [-0.1, -0.05) is 66.7 Å². The summed E-state index contributed by atoms with van der Waals surface area (Å²) in [5.41, 5.74) is 4.40. The van der Waals surface area contributed by atoms with Gasteiger partial charge in [-0.15, -0.1) is 0 Å². The van der Waals surface area contributed by atoms with Crippen molar-refractivity contribution < 1.29 is 0 Å². The Balaban J connectivity index is 1.58. The van der Waals surface area contributed by atoms with Gasteiger partial charge in [0.15, 0.2) is 0 Å². The van der Waals surface area contributed by atoms with E-state index in [1.165, 1.54) is 46.7 Å². The van der Waals surface area contributed by atoms with Gasteiger partial charge in [-0.3, -0.25) is 0 Å². The second kappa shape index (κ2) is 5.94. The largest absolute Gasteiger partial charge is 0.306 e. The maximum atomic E-state index is 3.79. The number of hydrogen-bond acceptors (Lipinski definition) is 1. The Labute approximate surface area is 132 Å². The van der Waals surface area contributed by atoms with Gasteiger partial charge in [0.25, 0.3) is 0 Å². The molecule has 110 valence electrons. The Morgan fingerprint density at radius 3 is 2.68 bits per heavy atom. The Kier molecular flexibility index (Phi) is 3.65. The molecule has 3 aromatic carbocycles. The van der Waals surface area contributed by atoms with Crippen molar-refractivity contribution in [2.24, 2.45) is 0 Å².